The van der Waals surface area contributed by atoms with Crippen molar-refractivity contribution in [1.29, 1.82) is 0 Å². The molecular formula is C9H10BrN. The fraction of sp³-hybridized carbons (Fsp3) is 0.333. The van der Waals surface area contributed by atoms with E-state index in [0.29, 0.717) is 12.0 Å². The van der Waals surface area contributed by atoms with Crippen molar-refractivity contribution in [1.82, 2.24) is 5.32 Å². The van der Waals surface area contributed by atoms with E-state index in [0.717, 1.165) is 0 Å². The smallest absolute Gasteiger partial charge is 0.0553 e. The van der Waals surface area contributed by atoms with Crippen LogP contribution in [0, 0.1) is 5.92 Å². The van der Waals surface area contributed by atoms with E-state index in [1.165, 1.54) is 10.2 Å². The average Bonchev–Trinajstić information content (AvgIpc) is 2.27. The second kappa shape index (κ2) is 2.52. The maximum atomic E-state index is 3.46. The molecule has 11 heavy (non-hydrogen) atoms. The molecule has 0 fully saturated rings. The van der Waals surface area contributed by atoms with Crippen LogP contribution in [0.25, 0.3) is 0 Å². The van der Waals surface area contributed by atoms with Crippen molar-refractivity contribution in [3.63, 3.8) is 0 Å². The summed E-state index contributed by atoms with van der Waals surface area (Å²) >= 11 is 3.46. The second-order valence-electron chi connectivity index (χ2n) is 3.01. The lowest BCUT2D eigenvalue weighted by Gasteiger charge is -2.16. The van der Waals surface area contributed by atoms with Gasteiger partial charge in [-0.2, -0.15) is 0 Å². The topological polar surface area (TPSA) is 12.0 Å². The standard InChI is InChI=1S/C9H10BrN/c1-6-4-7-2-3-8(10)5-9(7)11-6/h2-5,7,9,11H,1H3. The average molecular weight is 212 g/mol. The van der Waals surface area contributed by atoms with Crippen molar-refractivity contribution in [3.8, 4) is 0 Å². The van der Waals surface area contributed by atoms with Gasteiger partial charge in [-0.05, 0) is 13.0 Å². The normalized spacial score (nSPS) is 34.0. The molecule has 0 saturated heterocycles. The number of nitrogens with one attached hydrogen (secondary N) is 1. The Morgan fingerprint density at radius 3 is 3.09 bits per heavy atom. The fourth-order valence-corrected chi connectivity index (χ4v) is 2.00. The third-order valence-electron chi connectivity index (χ3n) is 2.07. The minimum atomic E-state index is 0.481. The number of allylic oxidation sites excluding steroid dienone is 3. The summed E-state index contributed by atoms with van der Waals surface area (Å²) in [4.78, 5) is 0. The van der Waals surface area contributed by atoms with Gasteiger partial charge in [-0.3, -0.25) is 0 Å². The molecule has 2 rings (SSSR count). The van der Waals surface area contributed by atoms with Crippen LogP contribution >= 0.6 is 15.9 Å². The van der Waals surface area contributed by atoms with Crippen molar-refractivity contribution in [2.75, 3.05) is 0 Å². The van der Waals surface area contributed by atoms with Crippen LogP contribution in [-0.2, 0) is 0 Å². The first-order valence-electron chi connectivity index (χ1n) is 3.76. The Labute approximate surface area is 75.0 Å². The third-order valence-corrected chi connectivity index (χ3v) is 2.60. The summed E-state index contributed by atoms with van der Waals surface area (Å²) in [6, 6.07) is 0.481. The highest BCUT2D eigenvalue weighted by Gasteiger charge is 2.23. The van der Waals surface area contributed by atoms with Gasteiger partial charge in [-0.25, -0.2) is 0 Å². The van der Waals surface area contributed by atoms with Gasteiger partial charge in [0.05, 0.1) is 6.04 Å². The van der Waals surface area contributed by atoms with Gasteiger partial charge in [0.15, 0.2) is 0 Å². The lowest BCUT2D eigenvalue weighted by atomic mass is 9.98. The lowest BCUT2D eigenvalue weighted by Crippen LogP contribution is -2.26. The van der Waals surface area contributed by atoms with Gasteiger partial charge >= 0.3 is 0 Å². The summed E-state index contributed by atoms with van der Waals surface area (Å²) in [5.74, 6) is 0.566. The van der Waals surface area contributed by atoms with Gasteiger partial charge in [-0.15, -0.1) is 0 Å². The summed E-state index contributed by atoms with van der Waals surface area (Å²) in [5.41, 5.74) is 1.28. The molecule has 0 saturated carbocycles. The first-order chi connectivity index (χ1) is 5.25. The van der Waals surface area contributed by atoms with Crippen molar-refractivity contribution in [2.45, 2.75) is 13.0 Å². The molecule has 0 aromatic heterocycles. The third kappa shape index (κ3) is 1.27. The van der Waals surface area contributed by atoms with Crippen LogP contribution in [0.15, 0.2) is 34.5 Å². The predicted molar refractivity (Wildman–Crippen MR) is 50.3 cm³/mol. The SMILES string of the molecule is CC1=CC2C=CC(Br)=CC2N1. The van der Waals surface area contributed by atoms with Crippen LogP contribution in [0.1, 0.15) is 6.92 Å². The first-order valence-corrected chi connectivity index (χ1v) is 4.55. The van der Waals surface area contributed by atoms with E-state index in [4.69, 9.17) is 0 Å². The highest BCUT2D eigenvalue weighted by Crippen LogP contribution is 2.26. The van der Waals surface area contributed by atoms with E-state index in [9.17, 15) is 0 Å². The Hall–Kier alpha value is -0.500. The number of hydrogen-bond donors (Lipinski definition) is 1. The second-order valence-corrected chi connectivity index (χ2v) is 3.92. The van der Waals surface area contributed by atoms with E-state index >= 15 is 0 Å². The van der Waals surface area contributed by atoms with Gasteiger partial charge in [0.2, 0.25) is 0 Å². The molecule has 0 bridgehead atoms. The predicted octanol–water partition coefficient (Wildman–Crippen LogP) is 2.33. The molecule has 2 aliphatic rings. The number of fused-ring (bicyclic) bond motifs is 1. The largest absolute Gasteiger partial charge is 0.382 e. The van der Waals surface area contributed by atoms with Gasteiger partial charge < -0.3 is 5.32 Å². The number of hydrogen-bond acceptors (Lipinski definition) is 1. The highest BCUT2D eigenvalue weighted by atomic mass is 79.9. The van der Waals surface area contributed by atoms with Crippen LogP contribution in [-0.4, -0.2) is 6.04 Å². The van der Waals surface area contributed by atoms with Gasteiger partial charge in [0, 0.05) is 16.1 Å². The minimum Gasteiger partial charge on any atom is -0.382 e. The zero-order valence-electron chi connectivity index (χ0n) is 6.34. The van der Waals surface area contributed by atoms with Gasteiger partial charge in [-0.1, -0.05) is 34.2 Å². The fourth-order valence-electron chi connectivity index (χ4n) is 1.56. The summed E-state index contributed by atoms with van der Waals surface area (Å²) in [5, 5.41) is 3.39. The van der Waals surface area contributed by atoms with E-state index in [-0.39, 0.29) is 0 Å². The quantitative estimate of drug-likeness (QED) is 0.649. The molecular weight excluding hydrogens is 202 g/mol. The van der Waals surface area contributed by atoms with E-state index in [1.54, 1.807) is 0 Å². The number of rotatable bonds is 0. The van der Waals surface area contributed by atoms with Crippen LogP contribution < -0.4 is 5.32 Å². The Morgan fingerprint density at radius 1 is 1.45 bits per heavy atom. The molecule has 0 amide bonds. The Kier molecular flexibility index (Phi) is 1.64. The van der Waals surface area contributed by atoms with Crippen molar-refractivity contribution >= 4 is 15.9 Å². The molecule has 58 valence electrons. The Bertz CT molecular complexity index is 263. The minimum absolute atomic E-state index is 0.481. The molecule has 1 heterocycles. The maximum absolute atomic E-state index is 3.46. The Balaban J connectivity index is 2.25. The van der Waals surface area contributed by atoms with Crippen LogP contribution in [0.4, 0.5) is 0 Å². The van der Waals surface area contributed by atoms with Crippen molar-refractivity contribution < 1.29 is 0 Å². The zero-order chi connectivity index (χ0) is 7.84. The van der Waals surface area contributed by atoms with Gasteiger partial charge in [0.25, 0.3) is 0 Å². The monoisotopic (exact) mass is 211 g/mol. The first kappa shape index (κ1) is 7.17. The van der Waals surface area contributed by atoms with Crippen LogP contribution in [0.5, 0.6) is 0 Å². The maximum Gasteiger partial charge on any atom is 0.0553 e. The highest BCUT2D eigenvalue weighted by molar-refractivity contribution is 9.11. The van der Waals surface area contributed by atoms with Gasteiger partial charge in [0.1, 0.15) is 0 Å². The van der Waals surface area contributed by atoms with Crippen LogP contribution in [0.3, 0.4) is 0 Å². The molecule has 1 N–H and O–H groups in total. The number of halogens is 1. The molecule has 1 aliphatic carbocycles. The van der Waals surface area contributed by atoms with Crippen LogP contribution in [0.2, 0.25) is 0 Å². The van der Waals surface area contributed by atoms with E-state index < -0.39 is 0 Å². The summed E-state index contributed by atoms with van der Waals surface area (Å²) in [7, 11) is 0. The molecule has 0 aromatic rings. The molecule has 0 radical (unpaired) electrons. The van der Waals surface area contributed by atoms with Crippen molar-refractivity contribution in [3.05, 3.63) is 34.5 Å². The summed E-state index contributed by atoms with van der Waals surface area (Å²) in [6.45, 7) is 2.11. The van der Waals surface area contributed by atoms with Crippen molar-refractivity contribution in [2.24, 2.45) is 5.92 Å². The molecule has 2 atom stereocenters. The molecule has 2 heteroatoms. The lowest BCUT2D eigenvalue weighted by molar-refractivity contribution is 0.637. The molecule has 0 aromatic carbocycles. The molecule has 0 spiro atoms. The molecule has 1 nitrogen and oxygen atoms in total. The summed E-state index contributed by atoms with van der Waals surface area (Å²) in [6.07, 6.45) is 8.80. The zero-order valence-corrected chi connectivity index (χ0v) is 7.93. The Morgan fingerprint density at radius 2 is 2.27 bits per heavy atom. The van der Waals surface area contributed by atoms with E-state index in [2.05, 4.69) is 52.5 Å². The molecule has 2 unspecified atom stereocenters. The molecule has 1 aliphatic heterocycles. The van der Waals surface area contributed by atoms with E-state index in [1.807, 2.05) is 0 Å². The summed E-state index contributed by atoms with van der Waals surface area (Å²) < 4.78 is 1.18.